The van der Waals surface area contributed by atoms with Gasteiger partial charge in [-0.3, -0.25) is 10.1 Å². The summed E-state index contributed by atoms with van der Waals surface area (Å²) in [6.45, 7) is 3.11. The third-order valence-electron chi connectivity index (χ3n) is 4.74. The summed E-state index contributed by atoms with van der Waals surface area (Å²) in [7, 11) is 0. The number of benzene rings is 1. The van der Waals surface area contributed by atoms with Crippen molar-refractivity contribution in [1.29, 1.82) is 0 Å². The molecule has 0 spiro atoms. The van der Waals surface area contributed by atoms with Gasteiger partial charge in [0.15, 0.2) is 5.82 Å². The lowest BCUT2D eigenvalue weighted by Crippen LogP contribution is -2.32. The molecule has 1 fully saturated rings. The maximum absolute atomic E-state index is 11.3. The molecule has 1 aliphatic rings. The Morgan fingerprint density at radius 2 is 2.00 bits per heavy atom. The van der Waals surface area contributed by atoms with Crippen molar-refractivity contribution in [1.82, 2.24) is 15.1 Å². The van der Waals surface area contributed by atoms with Gasteiger partial charge < -0.3 is 9.42 Å². The molecule has 0 atom stereocenters. The number of nitrogens with zero attached hydrogens (tertiary/aromatic N) is 5. The Morgan fingerprint density at radius 1 is 1.21 bits per heavy atom. The van der Waals surface area contributed by atoms with E-state index in [1.165, 1.54) is 6.07 Å². The van der Waals surface area contributed by atoms with Crippen molar-refractivity contribution in [2.24, 2.45) is 0 Å². The topological polar surface area (TPSA) is 98.2 Å². The summed E-state index contributed by atoms with van der Waals surface area (Å²) >= 11 is 6.01. The predicted molar refractivity (Wildman–Crippen MR) is 110 cm³/mol. The number of nitro groups is 1. The highest BCUT2D eigenvalue weighted by atomic mass is 35.5. The van der Waals surface area contributed by atoms with Crippen molar-refractivity contribution >= 4 is 29.2 Å². The molecule has 3 heterocycles. The largest absolute Gasteiger partial charge is 0.350 e. The minimum absolute atomic E-state index is 0.0346. The molecule has 2 aromatic heterocycles. The van der Waals surface area contributed by atoms with Gasteiger partial charge in [0.05, 0.1) is 4.92 Å². The van der Waals surface area contributed by atoms with Gasteiger partial charge in [0.1, 0.15) is 0 Å². The van der Waals surface area contributed by atoms with Crippen LogP contribution in [0.3, 0.4) is 0 Å². The Kier molecular flexibility index (Phi) is 5.26. The normalized spacial score (nSPS) is 14.1. The first kappa shape index (κ1) is 19.1. The van der Waals surface area contributed by atoms with Gasteiger partial charge in [-0.15, -0.1) is 0 Å². The van der Waals surface area contributed by atoms with Gasteiger partial charge in [0.2, 0.25) is 5.82 Å². The molecule has 1 saturated heterocycles. The van der Waals surface area contributed by atoms with Crippen LogP contribution in [0.15, 0.2) is 46.5 Å². The molecular weight excluding hydrogens is 394 g/mol. The van der Waals surface area contributed by atoms with E-state index in [1.807, 2.05) is 30.0 Å². The molecule has 4 rings (SSSR count). The van der Waals surface area contributed by atoms with Crippen LogP contribution in [-0.4, -0.2) is 33.1 Å². The zero-order valence-corrected chi connectivity index (χ0v) is 16.5. The van der Waals surface area contributed by atoms with Crippen molar-refractivity contribution in [2.45, 2.75) is 19.8 Å². The number of aromatic nitrogens is 3. The van der Waals surface area contributed by atoms with E-state index in [-0.39, 0.29) is 10.6 Å². The number of piperidine rings is 1. The van der Waals surface area contributed by atoms with E-state index >= 15 is 0 Å². The molecule has 3 aromatic rings. The van der Waals surface area contributed by atoms with Crippen molar-refractivity contribution in [3.05, 3.63) is 68.6 Å². The first-order chi connectivity index (χ1) is 14.0. The van der Waals surface area contributed by atoms with E-state index in [1.54, 1.807) is 18.2 Å². The van der Waals surface area contributed by atoms with Gasteiger partial charge in [-0.1, -0.05) is 28.4 Å². The molecule has 1 aliphatic heterocycles. The smallest absolute Gasteiger partial charge is 0.311 e. The van der Waals surface area contributed by atoms with E-state index in [2.05, 4.69) is 15.1 Å². The number of pyridine rings is 1. The van der Waals surface area contributed by atoms with Gasteiger partial charge in [-0.05, 0) is 50.1 Å². The van der Waals surface area contributed by atoms with Crippen molar-refractivity contribution in [3.8, 4) is 11.5 Å². The summed E-state index contributed by atoms with van der Waals surface area (Å²) in [6, 6.07) is 10.4. The zero-order chi connectivity index (χ0) is 20.4. The first-order valence-electron chi connectivity index (χ1n) is 9.16. The van der Waals surface area contributed by atoms with Crippen LogP contribution < -0.4 is 4.90 Å². The van der Waals surface area contributed by atoms with E-state index < -0.39 is 0 Å². The predicted octanol–water partition coefficient (Wildman–Crippen LogP) is 4.69. The minimum atomic E-state index is -0.385. The molecule has 9 heteroatoms. The van der Waals surface area contributed by atoms with Crippen LogP contribution in [-0.2, 0) is 0 Å². The summed E-state index contributed by atoms with van der Waals surface area (Å²) in [4.78, 5) is 21.7. The van der Waals surface area contributed by atoms with Crippen LogP contribution in [0.2, 0.25) is 5.02 Å². The molecule has 148 valence electrons. The highest BCUT2D eigenvalue weighted by Gasteiger charge is 2.24. The molecule has 8 nitrogen and oxygen atoms in total. The number of rotatable bonds is 4. The van der Waals surface area contributed by atoms with E-state index in [4.69, 9.17) is 16.1 Å². The third kappa shape index (κ3) is 4.27. The summed E-state index contributed by atoms with van der Waals surface area (Å²) < 4.78 is 5.33. The lowest BCUT2D eigenvalue weighted by atomic mass is 10.0. The second kappa shape index (κ2) is 8.00. The number of halogens is 1. The summed E-state index contributed by atoms with van der Waals surface area (Å²) in [5.41, 5.74) is 2.72. The Bertz CT molecular complexity index is 1090. The summed E-state index contributed by atoms with van der Waals surface area (Å²) in [6.07, 6.45) is 3.40. The average molecular weight is 412 g/mol. The van der Waals surface area contributed by atoms with Gasteiger partial charge in [0.25, 0.3) is 5.89 Å². The van der Waals surface area contributed by atoms with E-state index in [0.717, 1.165) is 29.7 Å². The molecule has 0 aliphatic carbocycles. The fourth-order valence-electron chi connectivity index (χ4n) is 3.28. The van der Waals surface area contributed by atoms with Crippen LogP contribution in [0, 0.1) is 17.0 Å². The Labute approximate surface area is 172 Å². The van der Waals surface area contributed by atoms with Crippen LogP contribution >= 0.6 is 11.6 Å². The SMILES string of the molecule is Cc1ccc([N+](=O)[O-])c(N2CCC(=Cc3noc(-c4cccc(Cl)c4)n3)CC2)n1. The van der Waals surface area contributed by atoms with Crippen LogP contribution in [0.1, 0.15) is 24.4 Å². The average Bonchev–Trinajstić information content (AvgIpc) is 3.17. The molecule has 0 saturated carbocycles. The van der Waals surface area contributed by atoms with Crippen molar-refractivity contribution in [2.75, 3.05) is 18.0 Å². The standard InChI is InChI=1S/C20H18ClN5O3/c1-13-5-6-17(26(27)28)19(22-13)25-9-7-14(8-10-25)11-18-23-20(29-24-18)15-3-2-4-16(21)12-15/h2-6,11-12H,7-10H2,1H3. The third-order valence-corrected chi connectivity index (χ3v) is 4.98. The quantitative estimate of drug-likeness (QED) is 0.453. The molecule has 0 amide bonds. The zero-order valence-electron chi connectivity index (χ0n) is 15.7. The lowest BCUT2D eigenvalue weighted by molar-refractivity contribution is -0.384. The van der Waals surface area contributed by atoms with Gasteiger partial charge >= 0.3 is 5.69 Å². The summed E-state index contributed by atoms with van der Waals surface area (Å²) in [5.74, 6) is 1.34. The fraction of sp³-hybridized carbons (Fsp3) is 0.250. The molecule has 0 radical (unpaired) electrons. The van der Waals surface area contributed by atoms with E-state index in [9.17, 15) is 10.1 Å². The Balaban J connectivity index is 1.47. The molecule has 1 aromatic carbocycles. The number of aryl methyl sites for hydroxylation is 1. The maximum atomic E-state index is 11.3. The van der Waals surface area contributed by atoms with Crippen LogP contribution in [0.25, 0.3) is 17.5 Å². The molecule has 0 bridgehead atoms. The Morgan fingerprint density at radius 3 is 2.72 bits per heavy atom. The molecule has 0 N–H and O–H groups in total. The fourth-order valence-corrected chi connectivity index (χ4v) is 3.47. The number of hydrogen-bond donors (Lipinski definition) is 0. The van der Waals surface area contributed by atoms with Gasteiger partial charge in [-0.25, -0.2) is 4.98 Å². The monoisotopic (exact) mass is 411 g/mol. The highest BCUT2D eigenvalue weighted by molar-refractivity contribution is 6.30. The Hall–Kier alpha value is -3.26. The van der Waals surface area contributed by atoms with Crippen LogP contribution in [0.4, 0.5) is 11.5 Å². The van der Waals surface area contributed by atoms with Gasteiger partial charge in [0, 0.05) is 35.4 Å². The minimum Gasteiger partial charge on any atom is -0.350 e. The van der Waals surface area contributed by atoms with Crippen molar-refractivity contribution in [3.63, 3.8) is 0 Å². The number of hydrogen-bond acceptors (Lipinski definition) is 7. The van der Waals surface area contributed by atoms with E-state index in [0.29, 0.717) is 35.6 Å². The first-order valence-corrected chi connectivity index (χ1v) is 9.53. The second-order valence-electron chi connectivity index (χ2n) is 6.81. The molecular formula is C20H18ClN5O3. The summed E-state index contributed by atoms with van der Waals surface area (Å²) in [5, 5.41) is 15.9. The lowest BCUT2D eigenvalue weighted by Gasteiger charge is -2.29. The second-order valence-corrected chi connectivity index (χ2v) is 7.25. The maximum Gasteiger partial charge on any atom is 0.311 e. The highest BCUT2D eigenvalue weighted by Crippen LogP contribution is 2.30. The molecule has 29 heavy (non-hydrogen) atoms. The molecule has 0 unspecified atom stereocenters. The number of anilines is 1. The van der Waals surface area contributed by atoms with Crippen molar-refractivity contribution < 1.29 is 9.45 Å². The van der Waals surface area contributed by atoms with Gasteiger partial charge in [-0.2, -0.15) is 4.98 Å². The van der Waals surface area contributed by atoms with Crippen LogP contribution in [0.5, 0.6) is 0 Å².